The number of hydrazine groups is 1. The number of ether oxygens (including phenoxy) is 3. The predicted octanol–water partition coefficient (Wildman–Crippen LogP) is 6.20. The van der Waals surface area contributed by atoms with Gasteiger partial charge in [-0.3, -0.25) is 4.79 Å². The Morgan fingerprint density at radius 2 is 1.23 bits per heavy atom. The summed E-state index contributed by atoms with van der Waals surface area (Å²) in [4.78, 5) is 33.2. The van der Waals surface area contributed by atoms with Crippen LogP contribution in [0.25, 0.3) is 0 Å². The van der Waals surface area contributed by atoms with Gasteiger partial charge in [-0.25, -0.2) is 14.6 Å². The molecule has 304 valence electrons. The Kier molecular flexibility index (Phi) is 20.4. The third kappa shape index (κ3) is 17.4. The van der Waals surface area contributed by atoms with Crippen LogP contribution in [0.1, 0.15) is 26.3 Å². The number of morpholine rings is 1. The summed E-state index contributed by atoms with van der Waals surface area (Å²) in [5.41, 5.74) is 25.3. The van der Waals surface area contributed by atoms with Crippen LogP contribution >= 0.6 is 0 Å². The second-order valence-corrected chi connectivity index (χ2v) is 12.2. The molecule has 57 heavy (non-hydrogen) atoms. The van der Waals surface area contributed by atoms with Gasteiger partial charge in [0.1, 0.15) is 0 Å². The first-order chi connectivity index (χ1) is 27.3. The zero-order valence-electron chi connectivity index (χ0n) is 32.8. The number of rotatable bonds is 9. The highest BCUT2D eigenvalue weighted by molar-refractivity contribution is 5.96. The minimum Gasteiger partial charge on any atom is -0.493 e. The van der Waals surface area contributed by atoms with Crippen LogP contribution in [-0.4, -0.2) is 88.2 Å². The molecule has 5 aromatic rings. The molecule has 15 nitrogen and oxygen atoms in total. The zero-order valence-corrected chi connectivity index (χ0v) is 32.8. The van der Waals surface area contributed by atoms with Crippen molar-refractivity contribution in [3.63, 3.8) is 0 Å². The van der Waals surface area contributed by atoms with Gasteiger partial charge in [0.05, 0.1) is 38.6 Å². The molecule has 1 amide bonds. The van der Waals surface area contributed by atoms with E-state index < -0.39 is 11.9 Å². The van der Waals surface area contributed by atoms with Gasteiger partial charge >= 0.3 is 11.9 Å². The van der Waals surface area contributed by atoms with Crippen molar-refractivity contribution in [2.75, 3.05) is 87.5 Å². The largest absolute Gasteiger partial charge is 0.493 e. The molecule has 0 saturated carbocycles. The van der Waals surface area contributed by atoms with Gasteiger partial charge in [0, 0.05) is 67.4 Å². The van der Waals surface area contributed by atoms with E-state index in [4.69, 9.17) is 41.6 Å². The van der Waals surface area contributed by atoms with Crippen LogP contribution in [0, 0.1) is 6.92 Å². The minimum absolute atomic E-state index is 0.0277. The summed E-state index contributed by atoms with van der Waals surface area (Å²) in [6.45, 7) is 5.02. The maximum atomic E-state index is 10.6. The number of nitrogen functional groups attached to an aromatic ring is 3. The quantitative estimate of drug-likeness (QED) is 0.0653. The van der Waals surface area contributed by atoms with Crippen LogP contribution in [0.2, 0.25) is 0 Å². The second kappa shape index (κ2) is 25.2. The third-order valence-corrected chi connectivity index (χ3v) is 7.80. The van der Waals surface area contributed by atoms with Gasteiger partial charge in [-0.15, -0.1) is 0 Å². The number of nitrogens with two attached hydrogens (primary N) is 3. The summed E-state index contributed by atoms with van der Waals surface area (Å²) < 4.78 is 15.3. The Balaban J connectivity index is 0.000000247. The molecule has 1 heterocycles. The van der Waals surface area contributed by atoms with E-state index >= 15 is 0 Å². The van der Waals surface area contributed by atoms with Gasteiger partial charge in [-0.1, -0.05) is 30.3 Å². The van der Waals surface area contributed by atoms with E-state index in [1.54, 1.807) is 56.7 Å². The first-order valence-electron chi connectivity index (χ1n) is 17.6. The van der Waals surface area contributed by atoms with Crippen molar-refractivity contribution in [1.29, 1.82) is 0 Å². The van der Waals surface area contributed by atoms with Gasteiger partial charge < -0.3 is 57.3 Å². The Morgan fingerprint density at radius 1 is 0.702 bits per heavy atom. The molecule has 15 heteroatoms. The molecule has 0 bridgehead atoms. The first kappa shape index (κ1) is 46.2. The van der Waals surface area contributed by atoms with Crippen molar-refractivity contribution in [2.45, 2.75) is 6.92 Å². The van der Waals surface area contributed by atoms with Crippen LogP contribution in [0.3, 0.4) is 0 Å². The van der Waals surface area contributed by atoms with E-state index in [-0.39, 0.29) is 16.7 Å². The third-order valence-electron chi connectivity index (χ3n) is 7.80. The number of benzene rings is 5. The number of methoxy groups -OCH3 is 2. The van der Waals surface area contributed by atoms with Crippen molar-refractivity contribution >= 4 is 52.5 Å². The number of carboxylic acids is 2. The van der Waals surface area contributed by atoms with E-state index in [9.17, 15) is 14.4 Å². The smallest absolute Gasteiger partial charge is 0.335 e. The fourth-order valence-electron chi connectivity index (χ4n) is 4.79. The number of nitrogens with zero attached hydrogens (tertiary/aromatic N) is 2. The number of hydrogen-bond donors (Lipinski definition) is 7. The number of amides is 1. The Hall–Kier alpha value is -6.97. The first-order valence-corrected chi connectivity index (χ1v) is 17.6. The lowest BCUT2D eigenvalue weighted by Gasteiger charge is -2.27. The Bertz CT molecular complexity index is 1920. The number of anilines is 6. The van der Waals surface area contributed by atoms with Crippen molar-refractivity contribution < 1.29 is 38.8 Å². The average Bonchev–Trinajstić information content (AvgIpc) is 3.20. The van der Waals surface area contributed by atoms with E-state index in [1.807, 2.05) is 61.5 Å². The van der Waals surface area contributed by atoms with Gasteiger partial charge in [-0.05, 0) is 91.3 Å². The molecule has 6 rings (SSSR count). The molecule has 1 saturated heterocycles. The summed E-state index contributed by atoms with van der Waals surface area (Å²) in [5, 5.41) is 22.0. The average molecular weight is 784 g/mol. The van der Waals surface area contributed by atoms with Crippen molar-refractivity contribution in [1.82, 2.24) is 5.01 Å². The molecular formula is C42H53N7O8. The number of carbonyl (C=O) groups is 3. The molecule has 0 radical (unpaired) electrons. The van der Waals surface area contributed by atoms with Gasteiger partial charge in [0.25, 0.3) is 0 Å². The predicted molar refractivity (Wildman–Crippen MR) is 227 cm³/mol. The molecule has 0 spiro atoms. The van der Waals surface area contributed by atoms with Crippen molar-refractivity contribution in [3.05, 3.63) is 132 Å². The fraction of sp³-hybridized carbons (Fsp3) is 0.214. The van der Waals surface area contributed by atoms with Crippen LogP contribution in [0.5, 0.6) is 11.5 Å². The van der Waals surface area contributed by atoms with E-state index in [2.05, 4.69) is 27.9 Å². The number of carbonyl (C=O) groups excluding carboxylic acids is 1. The number of aromatic carboxylic acids is 2. The molecule has 10 N–H and O–H groups in total. The molecule has 0 aliphatic carbocycles. The number of para-hydroxylation sites is 1. The van der Waals surface area contributed by atoms with Crippen molar-refractivity contribution in [3.8, 4) is 11.5 Å². The van der Waals surface area contributed by atoms with Gasteiger partial charge in [0.2, 0.25) is 6.41 Å². The summed E-state index contributed by atoms with van der Waals surface area (Å²) in [5.74, 6) is -0.865. The molecule has 0 atom stereocenters. The fourth-order valence-corrected chi connectivity index (χ4v) is 4.79. The Morgan fingerprint density at radius 3 is 1.74 bits per heavy atom. The molecule has 1 fully saturated rings. The van der Waals surface area contributed by atoms with Crippen LogP contribution in [0.4, 0.5) is 34.1 Å². The normalized spacial score (nSPS) is 11.4. The molecular weight excluding hydrogens is 731 g/mol. The maximum absolute atomic E-state index is 10.6. The standard InChI is InChI=1S/C10H14N2O.C9H8O4.C8H12N2.C8H11NO2.C7H8N2O/c1-2-4-10(5-3-1)11-12-6-8-13-9-7-12;1-5-6(8(10)11)3-2-4-7(5)9(12)13;1-10(2)8-5-3-7(9)4-6-8;1-10-7-4-3-6(9)5-8(7)11-2;8-6-2-1-3-7(4-6)9-5-10/h1-5,11H,6-9H2;2-4H,1H3,(H,10,11)(H,12,13);3-6H,9H2,1-2H3;3-5H,9H2,1-2H3;1-5H,8H2,(H,9,10). The monoisotopic (exact) mass is 783 g/mol. The van der Waals surface area contributed by atoms with Crippen LogP contribution < -0.4 is 42.3 Å². The lowest BCUT2D eigenvalue weighted by atomic mass is 10.0. The Labute approximate surface area is 333 Å². The van der Waals surface area contributed by atoms with Crippen LogP contribution in [0.15, 0.2) is 115 Å². The van der Waals surface area contributed by atoms with Crippen LogP contribution in [-0.2, 0) is 9.53 Å². The number of carboxylic acid groups (broad SMARTS) is 2. The molecule has 0 unspecified atom stereocenters. The van der Waals surface area contributed by atoms with E-state index in [0.717, 1.165) is 43.4 Å². The van der Waals surface area contributed by atoms with Crippen molar-refractivity contribution in [2.24, 2.45) is 0 Å². The number of nitrogens with one attached hydrogen (secondary N) is 2. The summed E-state index contributed by atoms with van der Waals surface area (Å²) in [6, 6.07) is 34.4. The highest BCUT2D eigenvalue weighted by Gasteiger charge is 2.13. The topological polar surface area (TPSA) is 228 Å². The van der Waals surface area contributed by atoms with E-state index in [0.29, 0.717) is 29.3 Å². The number of hydrogen-bond acceptors (Lipinski definition) is 12. The SMILES string of the molecule is CN(C)c1ccc(N)cc1.COc1ccc(N)cc1OC.Cc1c(C(=O)O)cccc1C(=O)O.Nc1cccc(NC=O)c1.c1ccc(NN2CCOCC2)cc1. The maximum Gasteiger partial charge on any atom is 0.335 e. The lowest BCUT2D eigenvalue weighted by molar-refractivity contribution is -0.105. The zero-order chi connectivity index (χ0) is 42.2. The van der Waals surface area contributed by atoms with Gasteiger partial charge in [-0.2, -0.15) is 0 Å². The highest BCUT2D eigenvalue weighted by Crippen LogP contribution is 2.28. The highest BCUT2D eigenvalue weighted by atomic mass is 16.5. The summed E-state index contributed by atoms with van der Waals surface area (Å²) in [6.07, 6.45) is 0.620. The molecule has 1 aliphatic rings. The molecule has 1 aliphatic heterocycles. The van der Waals surface area contributed by atoms with E-state index in [1.165, 1.54) is 30.8 Å². The minimum atomic E-state index is -1.11. The molecule has 5 aromatic carbocycles. The molecule has 0 aromatic heterocycles. The summed E-state index contributed by atoms with van der Waals surface area (Å²) in [7, 11) is 7.18. The summed E-state index contributed by atoms with van der Waals surface area (Å²) >= 11 is 0. The second-order valence-electron chi connectivity index (χ2n) is 12.2. The lowest BCUT2D eigenvalue weighted by Crippen LogP contribution is -2.40. The van der Waals surface area contributed by atoms with Gasteiger partial charge in [0.15, 0.2) is 11.5 Å².